The fourth-order valence-electron chi connectivity index (χ4n) is 9.65. The van der Waals surface area contributed by atoms with E-state index in [4.69, 9.17) is 33.2 Å². The Kier molecular flexibility index (Phi) is 7.98. The van der Waals surface area contributed by atoms with Crippen LogP contribution in [-0.2, 0) is 42.7 Å². The first-order valence-electron chi connectivity index (χ1n) is 16.7. The molecule has 0 bridgehead atoms. The third-order valence-electron chi connectivity index (χ3n) is 11.6. The monoisotopic (exact) mass is 678 g/mol. The molecule has 12 atom stereocenters. The van der Waals surface area contributed by atoms with Crippen LogP contribution in [0.3, 0.4) is 0 Å². The van der Waals surface area contributed by atoms with Crippen molar-refractivity contribution in [3.8, 4) is 0 Å². The maximum atomic E-state index is 14.0. The third-order valence-corrected chi connectivity index (χ3v) is 11.6. The van der Waals surface area contributed by atoms with Crippen LogP contribution >= 0.6 is 0 Å². The molecule has 1 spiro atoms. The largest absolute Gasteiger partial charge is 0.458 e. The molecule has 1 N–H and O–H groups in total. The highest BCUT2D eigenvalue weighted by atomic mass is 16.9. The molecule has 2 aromatic rings. The summed E-state index contributed by atoms with van der Waals surface area (Å²) in [7, 11) is 0. The van der Waals surface area contributed by atoms with Crippen LogP contribution in [0.4, 0.5) is 0 Å². The molecule has 0 aromatic heterocycles. The number of rotatable bonds is 6. The van der Waals surface area contributed by atoms with Gasteiger partial charge in [-0.2, -0.15) is 0 Å². The molecule has 0 unspecified atom stereocenters. The Labute approximate surface area is 284 Å². The van der Waals surface area contributed by atoms with Gasteiger partial charge in [-0.05, 0) is 43.5 Å². The summed E-state index contributed by atoms with van der Waals surface area (Å²) in [4.78, 5) is 53.3. The zero-order valence-corrected chi connectivity index (χ0v) is 28.3. The summed E-state index contributed by atoms with van der Waals surface area (Å²) >= 11 is 0. The van der Waals surface area contributed by atoms with Crippen LogP contribution in [0.15, 0.2) is 60.7 Å². The molecule has 12 heteroatoms. The van der Waals surface area contributed by atoms with Gasteiger partial charge >= 0.3 is 23.9 Å². The van der Waals surface area contributed by atoms with Crippen LogP contribution in [0, 0.1) is 28.6 Å². The van der Waals surface area contributed by atoms with Gasteiger partial charge in [-0.15, -0.1) is 0 Å². The van der Waals surface area contributed by atoms with E-state index in [-0.39, 0.29) is 12.2 Å². The molecule has 3 aliphatic heterocycles. The van der Waals surface area contributed by atoms with Gasteiger partial charge < -0.3 is 38.3 Å². The van der Waals surface area contributed by atoms with Crippen LogP contribution in [0.25, 0.3) is 0 Å². The van der Waals surface area contributed by atoms with Crippen molar-refractivity contribution in [2.75, 3.05) is 6.61 Å². The molecule has 262 valence electrons. The number of hydrogen-bond donors (Lipinski definition) is 1. The summed E-state index contributed by atoms with van der Waals surface area (Å²) in [6.07, 6.45) is -5.86. The summed E-state index contributed by atoms with van der Waals surface area (Å²) in [6.45, 7) is 9.85. The van der Waals surface area contributed by atoms with Crippen molar-refractivity contribution in [1.29, 1.82) is 0 Å². The molecule has 7 rings (SSSR count). The van der Waals surface area contributed by atoms with E-state index in [1.165, 1.54) is 13.8 Å². The topological polar surface area (TPSA) is 156 Å². The maximum absolute atomic E-state index is 14.0. The average molecular weight is 679 g/mol. The second kappa shape index (κ2) is 11.6. The number of hydrogen-bond acceptors (Lipinski definition) is 12. The van der Waals surface area contributed by atoms with Crippen molar-refractivity contribution in [1.82, 2.24) is 0 Å². The molecule has 2 aromatic carbocycles. The van der Waals surface area contributed by atoms with E-state index in [0.29, 0.717) is 12.0 Å². The predicted octanol–water partition coefficient (Wildman–Crippen LogP) is 3.83. The number of ether oxygens (including phenoxy) is 7. The van der Waals surface area contributed by atoms with Gasteiger partial charge in [0, 0.05) is 24.7 Å². The highest BCUT2D eigenvalue weighted by Gasteiger charge is 2.85. The van der Waals surface area contributed by atoms with Crippen LogP contribution < -0.4 is 0 Å². The Morgan fingerprint density at radius 2 is 1.33 bits per heavy atom. The quantitative estimate of drug-likeness (QED) is 0.268. The van der Waals surface area contributed by atoms with E-state index in [2.05, 4.69) is 0 Å². The first-order valence-corrected chi connectivity index (χ1v) is 16.7. The summed E-state index contributed by atoms with van der Waals surface area (Å²) in [5.74, 6) is -7.55. The number of epoxide rings is 1. The molecule has 5 aliphatic rings. The van der Waals surface area contributed by atoms with Gasteiger partial charge in [0.05, 0.1) is 35.7 Å². The van der Waals surface area contributed by atoms with Crippen LogP contribution in [0.5, 0.6) is 0 Å². The van der Waals surface area contributed by atoms with Crippen LogP contribution in [0.2, 0.25) is 0 Å². The van der Waals surface area contributed by atoms with Crippen molar-refractivity contribution >= 4 is 23.9 Å². The SMILES string of the molecule is CC(=O)O[C@H]1[C@@H](OC(C)=O)C(C)(C)[C@@H]2C[C@H]3O[C@]34O[C@@]3(C)OC[C@@H](O)[C@H]3[C@@H](OC(=O)c3ccccc3)[C@@H]4[C@@]2(C)[C@H]1OC(=O)c1ccccc1. The Bertz CT molecular complexity index is 1640. The van der Waals surface area contributed by atoms with Crippen molar-refractivity contribution in [3.63, 3.8) is 0 Å². The van der Waals surface area contributed by atoms with E-state index in [9.17, 15) is 24.3 Å². The number of benzene rings is 2. The molecule has 2 saturated carbocycles. The lowest BCUT2D eigenvalue weighted by atomic mass is 9.43. The lowest BCUT2D eigenvalue weighted by molar-refractivity contribution is -0.373. The Hall–Kier alpha value is -3.84. The first-order chi connectivity index (χ1) is 23.1. The number of aliphatic hydroxyl groups is 1. The number of carbonyl (C=O) groups excluding carboxylic acids is 4. The van der Waals surface area contributed by atoms with Gasteiger partial charge in [0.1, 0.15) is 24.4 Å². The smallest absolute Gasteiger partial charge is 0.338 e. The fraction of sp³-hybridized carbons (Fsp3) is 0.568. The van der Waals surface area contributed by atoms with Gasteiger partial charge in [-0.3, -0.25) is 9.59 Å². The van der Waals surface area contributed by atoms with Crippen molar-refractivity contribution in [3.05, 3.63) is 71.8 Å². The van der Waals surface area contributed by atoms with Crippen LogP contribution in [-0.4, -0.2) is 83.8 Å². The molecule has 2 aliphatic carbocycles. The minimum absolute atomic E-state index is 0.0727. The number of carbonyl (C=O) groups is 4. The summed E-state index contributed by atoms with van der Waals surface area (Å²) < 4.78 is 44.1. The molecular formula is C37H42O12. The second-order valence-electron chi connectivity index (χ2n) is 14.8. The molecule has 12 nitrogen and oxygen atoms in total. The normalized spacial score (nSPS) is 41.1. The maximum Gasteiger partial charge on any atom is 0.338 e. The van der Waals surface area contributed by atoms with E-state index >= 15 is 0 Å². The fourth-order valence-corrected chi connectivity index (χ4v) is 9.65. The number of aliphatic hydroxyl groups excluding tert-OH is 1. The molecule has 5 fully saturated rings. The lowest BCUT2D eigenvalue weighted by Gasteiger charge is -2.65. The Morgan fingerprint density at radius 3 is 1.90 bits per heavy atom. The first kappa shape index (κ1) is 33.6. The molecule has 3 heterocycles. The van der Waals surface area contributed by atoms with E-state index in [0.717, 1.165) is 0 Å². The highest BCUT2D eigenvalue weighted by Crippen LogP contribution is 2.73. The van der Waals surface area contributed by atoms with Crippen molar-refractivity contribution < 1.29 is 57.4 Å². The molecule has 0 radical (unpaired) electrons. The van der Waals surface area contributed by atoms with Gasteiger partial charge in [0.2, 0.25) is 5.79 Å². The van der Waals surface area contributed by atoms with Crippen molar-refractivity contribution in [2.24, 2.45) is 28.6 Å². The van der Waals surface area contributed by atoms with Gasteiger partial charge in [0.25, 0.3) is 0 Å². The zero-order chi connectivity index (χ0) is 35.1. The minimum Gasteiger partial charge on any atom is -0.458 e. The highest BCUT2D eigenvalue weighted by molar-refractivity contribution is 5.90. The number of fused-ring (bicyclic) bond motifs is 3. The van der Waals surface area contributed by atoms with E-state index in [1.54, 1.807) is 67.6 Å². The summed E-state index contributed by atoms with van der Waals surface area (Å²) in [5.41, 5.74) is -1.59. The summed E-state index contributed by atoms with van der Waals surface area (Å²) in [5, 5.41) is 11.4. The standard InChI is InChI=1S/C37H42O12/c1-19(38)44-28-30(45-20(2)39)34(3,4)24-17-25-37(48-25)29(35(24,5)31(28)47-33(42)22-15-11-8-12-16-22)27(26-23(40)18-43-36(26,6)49-37)46-32(41)21-13-9-7-10-14-21/h7-16,23-31,40H,17-18H2,1-6H3/t23-,24+,25-,26+,27-,28+,29-,30-,31+,35+,36-,37+/m1/s1. The van der Waals surface area contributed by atoms with E-state index in [1.807, 2.05) is 20.8 Å². The molecular weight excluding hydrogens is 636 g/mol. The number of esters is 4. The van der Waals surface area contributed by atoms with Gasteiger partial charge in [-0.1, -0.05) is 57.2 Å². The summed E-state index contributed by atoms with van der Waals surface area (Å²) in [6, 6.07) is 16.9. The van der Waals surface area contributed by atoms with Gasteiger partial charge in [-0.25, -0.2) is 9.59 Å². The second-order valence-corrected chi connectivity index (χ2v) is 14.8. The minimum atomic E-state index is -1.38. The lowest BCUT2D eigenvalue weighted by Crippen LogP contribution is -2.76. The third kappa shape index (κ3) is 5.17. The average Bonchev–Trinajstić information content (AvgIpc) is 3.65. The van der Waals surface area contributed by atoms with Crippen molar-refractivity contribution in [2.45, 2.75) is 96.2 Å². The Morgan fingerprint density at radius 1 is 0.755 bits per heavy atom. The molecule has 49 heavy (non-hydrogen) atoms. The predicted molar refractivity (Wildman–Crippen MR) is 168 cm³/mol. The van der Waals surface area contributed by atoms with E-state index < -0.39 is 101 Å². The molecule has 3 saturated heterocycles. The Balaban J connectivity index is 1.42. The van der Waals surface area contributed by atoms with Crippen LogP contribution in [0.1, 0.15) is 68.7 Å². The molecule has 0 amide bonds. The zero-order valence-electron chi connectivity index (χ0n) is 28.3. The van der Waals surface area contributed by atoms with Gasteiger partial charge in [0.15, 0.2) is 11.9 Å².